The van der Waals surface area contributed by atoms with Crippen molar-refractivity contribution < 1.29 is 44.3 Å². The van der Waals surface area contributed by atoms with Crippen LogP contribution >= 0.6 is 21.6 Å². The number of piperazine rings is 1. The van der Waals surface area contributed by atoms with E-state index in [4.69, 9.17) is 14.3 Å². The Morgan fingerprint density at radius 2 is 1.91 bits per heavy atom. The molecular formula is C21H26N2O9S2. The van der Waals surface area contributed by atoms with Crippen LogP contribution in [0.3, 0.4) is 0 Å². The molecule has 4 aliphatic heterocycles. The predicted molar refractivity (Wildman–Crippen MR) is 121 cm³/mol. The number of phenolic OH excluding ortho intramolecular Hbond substituents is 1. The van der Waals surface area contributed by atoms with Crippen LogP contribution in [-0.2, 0) is 14.4 Å². The number of aliphatic hydroxyl groups excluding tert-OH is 2. The summed E-state index contributed by atoms with van der Waals surface area (Å²) in [6, 6.07) is 2.17. The summed E-state index contributed by atoms with van der Waals surface area (Å²) >= 11 is 0. The third-order valence-electron chi connectivity index (χ3n) is 7.18. The van der Waals surface area contributed by atoms with Gasteiger partial charge in [0.1, 0.15) is 17.7 Å². The van der Waals surface area contributed by atoms with Crippen molar-refractivity contribution in [2.75, 3.05) is 21.3 Å². The number of methoxy groups -OCH3 is 2. The van der Waals surface area contributed by atoms with Crippen LogP contribution in [0.15, 0.2) is 12.1 Å². The minimum Gasteiger partial charge on any atom is -0.504 e. The number of rotatable bonds is 3. The van der Waals surface area contributed by atoms with Crippen molar-refractivity contribution in [1.29, 1.82) is 0 Å². The normalized spacial score (nSPS) is 39.4. The van der Waals surface area contributed by atoms with Gasteiger partial charge in [-0.25, -0.2) is 0 Å². The van der Waals surface area contributed by atoms with Crippen LogP contribution in [0.25, 0.3) is 0 Å². The van der Waals surface area contributed by atoms with Crippen molar-refractivity contribution in [3.63, 3.8) is 0 Å². The number of ether oxygens (including phenoxy) is 2. The second-order valence-corrected chi connectivity index (χ2v) is 11.6. The van der Waals surface area contributed by atoms with Gasteiger partial charge < -0.3 is 34.8 Å². The molecule has 1 aromatic rings. The van der Waals surface area contributed by atoms with Crippen LogP contribution in [0.1, 0.15) is 30.1 Å². The molecule has 1 aliphatic carbocycles. The smallest absolute Gasteiger partial charge is 0.272 e. The van der Waals surface area contributed by atoms with E-state index in [0.717, 1.165) is 15.9 Å². The van der Waals surface area contributed by atoms with Crippen LogP contribution < -0.4 is 9.47 Å². The molecule has 1 saturated carbocycles. The van der Waals surface area contributed by atoms with Crippen LogP contribution in [0, 0.1) is 0 Å². The Labute approximate surface area is 203 Å². The van der Waals surface area contributed by atoms with E-state index in [0.29, 0.717) is 11.3 Å². The van der Waals surface area contributed by atoms with E-state index in [9.17, 15) is 30.0 Å². The van der Waals surface area contributed by atoms with Gasteiger partial charge >= 0.3 is 0 Å². The summed E-state index contributed by atoms with van der Waals surface area (Å²) in [5, 5.41) is 43.7. The number of phenols is 1. The number of likely N-dealkylation sites (N-methyl/N-ethyl adjacent to an activating group) is 1. The van der Waals surface area contributed by atoms with Gasteiger partial charge in [0.25, 0.3) is 11.8 Å². The van der Waals surface area contributed by atoms with Crippen molar-refractivity contribution in [3.05, 3.63) is 17.7 Å². The Kier molecular flexibility index (Phi) is 5.65. The van der Waals surface area contributed by atoms with Gasteiger partial charge in [-0.05, 0) is 18.9 Å². The Bertz CT molecular complexity index is 1040. The number of hydroxylamine groups is 2. The highest BCUT2D eigenvalue weighted by molar-refractivity contribution is 8.77. The molecule has 4 N–H and O–H groups in total. The first-order chi connectivity index (χ1) is 16.1. The zero-order valence-electron chi connectivity index (χ0n) is 18.7. The minimum atomic E-state index is -1.92. The highest BCUT2D eigenvalue weighted by Gasteiger charge is 2.71. The number of benzene rings is 1. The maximum absolute atomic E-state index is 13.7. The first-order valence-electron chi connectivity index (χ1n) is 10.8. The number of hydrogen-bond acceptors (Lipinski definition) is 11. The molecule has 2 amide bonds. The quantitative estimate of drug-likeness (QED) is 0.409. The lowest BCUT2D eigenvalue weighted by Gasteiger charge is -2.58. The van der Waals surface area contributed by atoms with Crippen molar-refractivity contribution in [2.45, 2.75) is 59.3 Å². The van der Waals surface area contributed by atoms with Crippen molar-refractivity contribution in [2.24, 2.45) is 0 Å². The molecule has 1 spiro atoms. The zero-order chi connectivity index (χ0) is 24.6. The molecule has 0 aromatic heterocycles. The Hall–Kier alpha value is -1.90. The van der Waals surface area contributed by atoms with Gasteiger partial charge in [-0.2, -0.15) is 5.06 Å². The summed E-state index contributed by atoms with van der Waals surface area (Å²) in [7, 11) is 6.54. The lowest BCUT2D eigenvalue weighted by atomic mass is 9.72. The van der Waals surface area contributed by atoms with Crippen LogP contribution in [0.5, 0.6) is 17.2 Å². The fourth-order valence-corrected chi connectivity index (χ4v) is 9.04. The maximum Gasteiger partial charge on any atom is 0.272 e. The molecule has 6 rings (SSSR count). The molecule has 2 bridgehead atoms. The van der Waals surface area contributed by atoms with E-state index in [-0.39, 0.29) is 30.8 Å². The average Bonchev–Trinajstić information content (AvgIpc) is 3.00. The summed E-state index contributed by atoms with van der Waals surface area (Å²) in [5.74, 6) is -0.828. The molecule has 4 heterocycles. The first kappa shape index (κ1) is 23.8. The van der Waals surface area contributed by atoms with Gasteiger partial charge in [-0.15, -0.1) is 0 Å². The Morgan fingerprint density at radius 1 is 1.18 bits per heavy atom. The monoisotopic (exact) mass is 514 g/mol. The van der Waals surface area contributed by atoms with Crippen LogP contribution in [0.2, 0.25) is 0 Å². The van der Waals surface area contributed by atoms with Crippen molar-refractivity contribution >= 4 is 33.4 Å². The molecule has 5 aliphatic rings. The highest BCUT2D eigenvalue weighted by atomic mass is 33.1. The first-order valence-corrected chi connectivity index (χ1v) is 13.0. The lowest BCUT2D eigenvalue weighted by molar-refractivity contribution is -0.343. The molecule has 5 fully saturated rings. The predicted octanol–water partition coefficient (Wildman–Crippen LogP) is 0.162. The number of fused-ring (bicyclic) bond motifs is 4. The topological polar surface area (TPSA) is 149 Å². The molecule has 0 unspecified atom stereocenters. The van der Waals surface area contributed by atoms with Crippen LogP contribution in [0.4, 0.5) is 0 Å². The van der Waals surface area contributed by atoms with E-state index in [1.54, 1.807) is 12.1 Å². The standard InChI is InChI=1S/C21H26N2O9S2/c1-22-13-16(9-4-6-11(30-2)15(31-3)14(9)26)33-34-21(19(22)28)8-20(29)12(25)7-5-10(24)17(20)32-23(21)18(13)27/h4,6,10,12-13,16-17,24-26,29H,5,7-8H2,1-3H3/t10-,12-,13-,16+,17+,20+,21-/m1/s1. The molecule has 0 radical (unpaired) electrons. The molecule has 4 saturated heterocycles. The van der Waals surface area contributed by atoms with Gasteiger partial charge in [-0.1, -0.05) is 27.7 Å². The van der Waals surface area contributed by atoms with E-state index >= 15 is 0 Å². The third kappa shape index (κ3) is 3.00. The molecular weight excluding hydrogens is 488 g/mol. The number of amides is 2. The Morgan fingerprint density at radius 3 is 2.59 bits per heavy atom. The maximum atomic E-state index is 13.7. The second kappa shape index (κ2) is 8.07. The summed E-state index contributed by atoms with van der Waals surface area (Å²) in [6.45, 7) is 0. The van der Waals surface area contributed by atoms with Crippen molar-refractivity contribution in [1.82, 2.24) is 9.96 Å². The largest absolute Gasteiger partial charge is 0.504 e. The van der Waals surface area contributed by atoms with Gasteiger partial charge in [0.05, 0.1) is 31.7 Å². The van der Waals surface area contributed by atoms with E-state index in [1.165, 1.54) is 37.0 Å². The number of hydrogen-bond donors (Lipinski definition) is 4. The highest BCUT2D eigenvalue weighted by Crippen LogP contribution is 2.62. The second-order valence-electron chi connectivity index (χ2n) is 8.97. The molecule has 13 heteroatoms. The Balaban J connectivity index is 1.61. The molecule has 7 atom stereocenters. The number of aliphatic hydroxyl groups is 3. The van der Waals surface area contributed by atoms with E-state index < -0.39 is 51.9 Å². The van der Waals surface area contributed by atoms with Gasteiger partial charge in [0.15, 0.2) is 11.5 Å². The van der Waals surface area contributed by atoms with E-state index in [1.807, 2.05) is 0 Å². The average molecular weight is 515 g/mol. The molecule has 34 heavy (non-hydrogen) atoms. The number of carbonyl (C=O) groups excluding carboxylic acids is 2. The van der Waals surface area contributed by atoms with Crippen LogP contribution in [-0.4, -0.2) is 98.3 Å². The molecule has 11 nitrogen and oxygen atoms in total. The molecule has 1 aromatic carbocycles. The number of aromatic hydroxyl groups is 1. The fraction of sp³-hybridized carbons (Fsp3) is 0.619. The zero-order valence-corrected chi connectivity index (χ0v) is 20.3. The third-order valence-corrected chi connectivity index (χ3v) is 10.5. The lowest BCUT2D eigenvalue weighted by Crippen LogP contribution is -2.78. The summed E-state index contributed by atoms with van der Waals surface area (Å²) in [5.41, 5.74) is -1.56. The summed E-state index contributed by atoms with van der Waals surface area (Å²) in [6.07, 6.45) is -3.60. The SMILES string of the molecule is COc1ccc([C@@H]2SS[C@@]34C[C@]5(O)[C@H](O)CC[C@@H](O)[C@@H]5ON3C(=O)[C@@H]2N(C)C4=O)c(O)c1OC. The summed E-state index contributed by atoms with van der Waals surface area (Å²) in [4.78, 5) is 32.9. The summed E-state index contributed by atoms with van der Waals surface area (Å²) < 4.78 is 10.5. The van der Waals surface area contributed by atoms with Gasteiger partial charge in [0.2, 0.25) is 10.6 Å². The number of carbonyl (C=O) groups is 2. The molecule has 186 valence electrons. The van der Waals surface area contributed by atoms with Gasteiger partial charge in [0, 0.05) is 19.0 Å². The van der Waals surface area contributed by atoms with E-state index in [2.05, 4.69) is 0 Å². The minimum absolute atomic E-state index is 0.101. The van der Waals surface area contributed by atoms with Crippen molar-refractivity contribution in [3.8, 4) is 17.2 Å². The fourth-order valence-electron chi connectivity index (χ4n) is 5.36. The number of nitrogens with zero attached hydrogens (tertiary/aromatic N) is 2. The van der Waals surface area contributed by atoms with Gasteiger partial charge in [-0.3, -0.25) is 14.4 Å².